The van der Waals surface area contributed by atoms with Gasteiger partial charge in [-0.25, -0.2) is 0 Å². The first-order valence-electron chi connectivity index (χ1n) is 36.2. The van der Waals surface area contributed by atoms with E-state index in [9.17, 15) is 19.0 Å². The molecule has 3 unspecified atom stereocenters. The number of allylic oxidation sites excluding steroid dienone is 17. The monoisotopic (exact) mass is 1230 g/mol. The summed E-state index contributed by atoms with van der Waals surface area (Å²) in [7, 11) is 1.17. The highest BCUT2D eigenvalue weighted by Gasteiger charge is 2.27. The number of hydrogen-bond acceptors (Lipinski definition) is 7. The Morgan fingerprint density at radius 1 is 0.414 bits per heavy atom. The van der Waals surface area contributed by atoms with Gasteiger partial charge in [-0.3, -0.25) is 14.2 Å². The minimum atomic E-state index is -4.71. The van der Waals surface area contributed by atoms with Crippen LogP contribution in [0.1, 0.15) is 316 Å². The van der Waals surface area contributed by atoms with Crippen LogP contribution in [0.15, 0.2) is 109 Å². The summed E-state index contributed by atoms with van der Waals surface area (Å²) in [5.74, 6) is -0.550. The quantitative estimate of drug-likeness (QED) is 0.0212. The number of likely N-dealkylation sites (N-methyl/N-ethyl adjacent to an activating group) is 1. The van der Waals surface area contributed by atoms with Gasteiger partial charge in [0.25, 0.3) is 7.82 Å². The van der Waals surface area contributed by atoms with Crippen molar-refractivity contribution < 1.29 is 37.3 Å². The van der Waals surface area contributed by atoms with Crippen molar-refractivity contribution in [2.45, 2.75) is 328 Å². The molecule has 9 nitrogen and oxygen atoms in total. The molecule has 0 aromatic heterocycles. The van der Waals surface area contributed by atoms with E-state index >= 15 is 0 Å². The molecule has 0 aliphatic heterocycles. The van der Waals surface area contributed by atoms with Crippen LogP contribution in [0.4, 0.5) is 0 Å². The highest BCUT2D eigenvalue weighted by Crippen LogP contribution is 2.38. The number of phosphoric ester groups is 1. The number of nitrogens with zero attached hydrogens (tertiary/aromatic N) is 1. The molecule has 0 aromatic rings. The number of hydrogen-bond donors (Lipinski definition) is 1. The third-order valence-electron chi connectivity index (χ3n) is 15.7. The van der Waals surface area contributed by atoms with Crippen molar-refractivity contribution in [3.8, 4) is 0 Å². The SMILES string of the molecule is CC/C=C\C/C=C\C/C=C\C/C=C\C/C=C\CCCCCCCCCCCCCC(=O)OC(/C=C\CCCCCCCCCCCCC)C(COP(=O)([O-])OCC[N+](C)(C)C)NC(=O)CCCCCCCCCC/C=C\C/C=C\C/C=C\CCCCC. The Bertz CT molecular complexity index is 1860. The van der Waals surface area contributed by atoms with Crippen molar-refractivity contribution >= 4 is 19.7 Å². The Morgan fingerprint density at radius 2 is 0.736 bits per heavy atom. The number of amides is 1. The maximum atomic E-state index is 13.6. The second-order valence-electron chi connectivity index (χ2n) is 25.4. The molecular formula is C77H137N2O7P. The van der Waals surface area contributed by atoms with Crippen molar-refractivity contribution in [1.29, 1.82) is 0 Å². The fourth-order valence-electron chi connectivity index (χ4n) is 10.1. The van der Waals surface area contributed by atoms with E-state index in [-0.39, 0.29) is 24.9 Å². The summed E-state index contributed by atoms with van der Waals surface area (Å²) in [4.78, 5) is 40.2. The molecule has 0 radical (unpaired) electrons. The number of rotatable bonds is 65. The molecule has 0 bridgehead atoms. The van der Waals surface area contributed by atoms with E-state index in [1.54, 1.807) is 0 Å². The molecule has 0 aliphatic rings. The number of nitrogens with one attached hydrogen (secondary N) is 1. The number of carbonyl (C=O) groups is 2. The van der Waals surface area contributed by atoms with Crippen LogP contribution in [0, 0.1) is 0 Å². The van der Waals surface area contributed by atoms with Crippen molar-refractivity contribution in [2.24, 2.45) is 0 Å². The van der Waals surface area contributed by atoms with Crippen LogP contribution in [0.3, 0.4) is 0 Å². The number of esters is 1. The molecule has 1 amide bonds. The van der Waals surface area contributed by atoms with Crippen molar-refractivity contribution in [1.82, 2.24) is 5.32 Å². The van der Waals surface area contributed by atoms with Gasteiger partial charge in [-0.15, -0.1) is 0 Å². The first kappa shape index (κ1) is 83.7. The van der Waals surface area contributed by atoms with E-state index in [1.165, 1.54) is 154 Å². The fourth-order valence-corrected chi connectivity index (χ4v) is 10.9. The normalized spacial score (nSPS) is 14.1. The maximum absolute atomic E-state index is 13.6. The third-order valence-corrected chi connectivity index (χ3v) is 16.7. The average Bonchev–Trinajstić information content (AvgIpc) is 3.70. The zero-order valence-corrected chi connectivity index (χ0v) is 58.3. The predicted molar refractivity (Wildman–Crippen MR) is 376 cm³/mol. The Balaban J connectivity index is 5.10. The Kier molecular flexibility index (Phi) is 63.1. The lowest BCUT2D eigenvalue weighted by Crippen LogP contribution is -2.47. The summed E-state index contributed by atoms with van der Waals surface area (Å²) >= 11 is 0. The standard InChI is InChI=1S/C77H137N2O7P/c1-7-10-13-16-19-22-25-28-30-32-34-36-37-38-39-40-41-43-45-47-49-52-55-58-61-64-67-70-77(81)86-75(68-65-62-59-56-53-50-27-24-21-18-15-12-9-3)74(73-85-87(82,83)84-72-71-79(4,5)6)78-76(80)69-66-63-60-57-54-51-48-46-44-42-35-33-31-29-26-23-20-17-14-11-8-2/h10,13,19-20,22-23,28-31,34-36,38-39,42,65,68,74-75H,7-9,11-12,14-18,21,24-27,32-33,37,40-41,43-64,66-67,69-73H2,1-6H3,(H-,78,80,82,83)/b13-10-,22-19-,23-20-,30-28-,31-29-,36-34-,39-38-,42-35-,68-65-. The fraction of sp³-hybridized carbons (Fsp3) is 0.740. The van der Waals surface area contributed by atoms with E-state index in [0.29, 0.717) is 17.4 Å². The number of unbranched alkanes of at least 4 members (excludes halogenated alkanes) is 33. The molecule has 87 heavy (non-hydrogen) atoms. The summed E-state index contributed by atoms with van der Waals surface area (Å²) in [5, 5.41) is 3.04. The second-order valence-corrected chi connectivity index (χ2v) is 26.8. The number of quaternary nitrogens is 1. The van der Waals surface area contributed by atoms with Gasteiger partial charge in [0.15, 0.2) is 0 Å². The van der Waals surface area contributed by atoms with Crippen LogP contribution in [0.5, 0.6) is 0 Å². The van der Waals surface area contributed by atoms with Crippen LogP contribution in [0.2, 0.25) is 0 Å². The maximum Gasteiger partial charge on any atom is 0.306 e. The van der Waals surface area contributed by atoms with Crippen LogP contribution in [0.25, 0.3) is 0 Å². The molecule has 0 saturated heterocycles. The topological polar surface area (TPSA) is 114 Å². The lowest BCUT2D eigenvalue weighted by Gasteiger charge is -2.30. The van der Waals surface area contributed by atoms with Gasteiger partial charge in [0.2, 0.25) is 5.91 Å². The van der Waals surface area contributed by atoms with Crippen LogP contribution in [-0.4, -0.2) is 69.4 Å². The van der Waals surface area contributed by atoms with Crippen molar-refractivity contribution in [3.05, 3.63) is 109 Å². The van der Waals surface area contributed by atoms with Gasteiger partial charge in [0, 0.05) is 12.8 Å². The van der Waals surface area contributed by atoms with E-state index in [4.69, 9.17) is 13.8 Å². The third kappa shape index (κ3) is 66.9. The molecule has 0 aromatic carbocycles. The molecule has 0 heterocycles. The summed E-state index contributed by atoms with van der Waals surface area (Å²) in [5.41, 5.74) is 0. The first-order chi connectivity index (χ1) is 42.4. The lowest BCUT2D eigenvalue weighted by atomic mass is 10.0. The van der Waals surface area contributed by atoms with E-state index in [1.807, 2.05) is 33.3 Å². The van der Waals surface area contributed by atoms with Crippen LogP contribution in [-0.2, 0) is 27.9 Å². The zero-order chi connectivity index (χ0) is 63.5. The molecule has 502 valence electrons. The van der Waals surface area contributed by atoms with Crippen LogP contribution < -0.4 is 10.2 Å². The predicted octanol–water partition coefficient (Wildman–Crippen LogP) is 22.6. The molecule has 0 spiro atoms. The first-order valence-corrected chi connectivity index (χ1v) is 37.7. The van der Waals surface area contributed by atoms with Gasteiger partial charge < -0.3 is 28.5 Å². The molecule has 1 N–H and O–H groups in total. The van der Waals surface area contributed by atoms with Gasteiger partial charge in [-0.05, 0) is 115 Å². The Hall–Kier alpha value is -3.33. The molecule has 0 fully saturated rings. The summed E-state index contributed by atoms with van der Waals surface area (Å²) in [6, 6.07) is -0.901. The summed E-state index contributed by atoms with van der Waals surface area (Å²) in [6.07, 6.45) is 90.6. The molecule has 0 rings (SSSR count). The minimum Gasteiger partial charge on any atom is -0.756 e. The molecule has 0 saturated carbocycles. The van der Waals surface area contributed by atoms with E-state index in [0.717, 1.165) is 128 Å². The van der Waals surface area contributed by atoms with Gasteiger partial charge in [0.1, 0.15) is 19.3 Å². The average molecular weight is 1230 g/mol. The molecule has 0 aliphatic carbocycles. The summed E-state index contributed by atoms with van der Waals surface area (Å²) in [6.45, 7) is 6.72. The van der Waals surface area contributed by atoms with Crippen molar-refractivity contribution in [3.63, 3.8) is 0 Å². The smallest absolute Gasteiger partial charge is 0.306 e. The highest BCUT2D eigenvalue weighted by molar-refractivity contribution is 7.45. The molecule has 3 atom stereocenters. The van der Waals surface area contributed by atoms with Crippen molar-refractivity contribution in [2.75, 3.05) is 40.9 Å². The largest absolute Gasteiger partial charge is 0.756 e. The van der Waals surface area contributed by atoms with E-state index in [2.05, 4.69) is 123 Å². The molecule has 10 heteroatoms. The minimum absolute atomic E-state index is 0.0284. The zero-order valence-electron chi connectivity index (χ0n) is 57.4. The Morgan fingerprint density at radius 3 is 1.13 bits per heavy atom. The van der Waals surface area contributed by atoms with Crippen LogP contribution >= 0.6 is 7.82 Å². The van der Waals surface area contributed by atoms with Gasteiger partial charge in [-0.2, -0.15) is 0 Å². The number of phosphoric acid groups is 1. The lowest BCUT2D eigenvalue weighted by molar-refractivity contribution is -0.870. The second kappa shape index (κ2) is 65.6. The van der Waals surface area contributed by atoms with E-state index < -0.39 is 26.6 Å². The number of ether oxygens (including phenoxy) is 1. The number of carbonyl (C=O) groups excluding carboxylic acids is 2. The van der Waals surface area contributed by atoms with Gasteiger partial charge in [0.05, 0.1) is 33.8 Å². The van der Waals surface area contributed by atoms with Gasteiger partial charge >= 0.3 is 5.97 Å². The summed E-state index contributed by atoms with van der Waals surface area (Å²) < 4.78 is 30.5. The Labute approximate surface area is 538 Å². The van der Waals surface area contributed by atoms with Gasteiger partial charge in [-0.1, -0.05) is 297 Å². The molecular weight excluding hydrogens is 1100 g/mol. The highest BCUT2D eigenvalue weighted by atomic mass is 31.2.